The standard InChI is InChI=1S/C38H44N2O5/c1-25-35(23-40(4)26(2)36(43)30-10-6-5-7-11-30)44-38(45-37(25)31-16-14-28(24-41)15-17-31)32-20-18-29(19-21-32)34-13-9-8-12-33(34)22-39-27(3)42/h5-21,25-26,35-38,41,43H,22-24H2,1-4H3,(H,39,42)/t25-,26-,35+,36-,37+,38+/m0/s1. The number of nitrogens with one attached hydrogen (secondary N) is 1. The molecule has 1 aliphatic rings. The number of rotatable bonds is 11. The van der Waals surface area contributed by atoms with Gasteiger partial charge in [-0.2, -0.15) is 0 Å². The molecule has 3 N–H and O–H groups in total. The molecular weight excluding hydrogens is 564 g/mol. The number of hydrogen-bond donors (Lipinski definition) is 3. The van der Waals surface area contributed by atoms with E-state index in [2.05, 4.69) is 35.3 Å². The van der Waals surface area contributed by atoms with E-state index in [0.29, 0.717) is 13.1 Å². The predicted octanol–water partition coefficient (Wildman–Crippen LogP) is 6.33. The lowest BCUT2D eigenvalue weighted by atomic mass is 9.89. The Hall–Kier alpha value is -3.85. The maximum absolute atomic E-state index is 11.5. The van der Waals surface area contributed by atoms with Gasteiger partial charge in [0.25, 0.3) is 0 Å². The smallest absolute Gasteiger partial charge is 0.217 e. The number of amides is 1. The summed E-state index contributed by atoms with van der Waals surface area (Å²) in [5.41, 5.74) is 6.82. The Kier molecular flexibility index (Phi) is 10.8. The van der Waals surface area contributed by atoms with Gasteiger partial charge >= 0.3 is 0 Å². The maximum atomic E-state index is 11.5. The van der Waals surface area contributed by atoms with Gasteiger partial charge in [-0.3, -0.25) is 9.69 Å². The van der Waals surface area contributed by atoms with Crippen molar-refractivity contribution in [1.82, 2.24) is 10.2 Å². The van der Waals surface area contributed by atoms with Gasteiger partial charge in [0.05, 0.1) is 24.9 Å². The largest absolute Gasteiger partial charge is 0.392 e. The van der Waals surface area contributed by atoms with Crippen molar-refractivity contribution < 1.29 is 24.5 Å². The highest BCUT2D eigenvalue weighted by molar-refractivity contribution is 5.74. The van der Waals surface area contributed by atoms with E-state index in [1.165, 1.54) is 6.92 Å². The summed E-state index contributed by atoms with van der Waals surface area (Å²) in [5.74, 6) is -0.0460. The predicted molar refractivity (Wildman–Crippen MR) is 176 cm³/mol. The van der Waals surface area contributed by atoms with E-state index in [4.69, 9.17) is 9.47 Å². The zero-order chi connectivity index (χ0) is 31.9. The molecule has 0 aromatic heterocycles. The zero-order valence-electron chi connectivity index (χ0n) is 26.5. The highest BCUT2D eigenvalue weighted by Gasteiger charge is 2.39. The van der Waals surface area contributed by atoms with Gasteiger partial charge in [-0.15, -0.1) is 0 Å². The Morgan fingerprint density at radius 3 is 2.20 bits per heavy atom. The first-order chi connectivity index (χ1) is 21.7. The monoisotopic (exact) mass is 608 g/mol. The van der Waals surface area contributed by atoms with E-state index in [-0.39, 0.29) is 36.7 Å². The van der Waals surface area contributed by atoms with Gasteiger partial charge in [0, 0.05) is 37.5 Å². The summed E-state index contributed by atoms with van der Waals surface area (Å²) in [4.78, 5) is 13.7. The van der Waals surface area contributed by atoms with Crippen LogP contribution < -0.4 is 5.32 Å². The molecule has 1 amide bonds. The molecule has 236 valence electrons. The third-order valence-electron chi connectivity index (χ3n) is 8.92. The van der Waals surface area contributed by atoms with Crippen LogP contribution in [-0.4, -0.2) is 46.8 Å². The van der Waals surface area contributed by atoms with E-state index in [1.54, 1.807) is 0 Å². The van der Waals surface area contributed by atoms with Crippen LogP contribution >= 0.6 is 0 Å². The summed E-state index contributed by atoms with van der Waals surface area (Å²) in [5, 5.41) is 23.6. The Balaban J connectivity index is 1.39. The van der Waals surface area contributed by atoms with E-state index in [9.17, 15) is 15.0 Å². The SMILES string of the molecule is CC(=O)NCc1ccccc1-c1ccc([C@@H]2O[C@H](CN(C)[C@@H](C)[C@H](O)c3ccccc3)[C@H](C)[C@H](c3ccc(CO)cc3)O2)cc1. The minimum atomic E-state index is -0.634. The van der Waals surface area contributed by atoms with E-state index in [1.807, 2.05) is 98.9 Å². The molecule has 4 aromatic rings. The number of hydrogen-bond acceptors (Lipinski definition) is 6. The Bertz CT molecular complexity index is 1530. The Morgan fingerprint density at radius 2 is 1.53 bits per heavy atom. The first-order valence-electron chi connectivity index (χ1n) is 15.6. The number of benzene rings is 4. The van der Waals surface area contributed by atoms with Crippen molar-refractivity contribution >= 4 is 5.91 Å². The van der Waals surface area contributed by atoms with Gasteiger partial charge in [0.15, 0.2) is 6.29 Å². The van der Waals surface area contributed by atoms with Crippen LogP contribution in [0, 0.1) is 5.92 Å². The quantitative estimate of drug-likeness (QED) is 0.184. The molecule has 5 rings (SSSR count). The first-order valence-corrected chi connectivity index (χ1v) is 15.6. The van der Waals surface area contributed by atoms with Gasteiger partial charge < -0.3 is 25.0 Å². The van der Waals surface area contributed by atoms with E-state index >= 15 is 0 Å². The van der Waals surface area contributed by atoms with Crippen LogP contribution in [0.15, 0.2) is 103 Å². The number of aliphatic hydroxyl groups excluding tert-OH is 2. The average Bonchev–Trinajstić information content (AvgIpc) is 3.08. The number of nitrogens with zero attached hydrogens (tertiary/aromatic N) is 1. The number of carbonyl (C=O) groups excluding carboxylic acids is 1. The number of likely N-dealkylation sites (N-methyl/N-ethyl adjacent to an activating group) is 1. The van der Waals surface area contributed by atoms with Crippen LogP contribution in [0.5, 0.6) is 0 Å². The van der Waals surface area contributed by atoms with Crippen molar-refractivity contribution in [3.05, 3.63) is 131 Å². The zero-order valence-corrected chi connectivity index (χ0v) is 26.5. The molecular formula is C38H44N2O5. The van der Waals surface area contributed by atoms with Crippen LogP contribution in [0.3, 0.4) is 0 Å². The summed E-state index contributed by atoms with van der Waals surface area (Å²) < 4.78 is 13.4. The molecule has 0 unspecified atom stereocenters. The summed E-state index contributed by atoms with van der Waals surface area (Å²) in [6, 6.07) is 33.8. The maximum Gasteiger partial charge on any atom is 0.217 e. The fraction of sp³-hybridized carbons (Fsp3) is 0.342. The Morgan fingerprint density at radius 1 is 0.889 bits per heavy atom. The van der Waals surface area contributed by atoms with Crippen molar-refractivity contribution in [2.45, 2.75) is 64.6 Å². The molecule has 0 radical (unpaired) electrons. The third kappa shape index (κ3) is 7.87. The lowest BCUT2D eigenvalue weighted by molar-refractivity contribution is -0.276. The van der Waals surface area contributed by atoms with Crippen molar-refractivity contribution in [3.63, 3.8) is 0 Å². The second-order valence-corrected chi connectivity index (χ2v) is 12.0. The number of aliphatic hydroxyl groups is 2. The van der Waals surface area contributed by atoms with E-state index in [0.717, 1.165) is 38.9 Å². The summed E-state index contributed by atoms with van der Waals surface area (Å²) in [7, 11) is 2.02. The van der Waals surface area contributed by atoms with Crippen LogP contribution in [0.25, 0.3) is 11.1 Å². The summed E-state index contributed by atoms with van der Waals surface area (Å²) >= 11 is 0. The molecule has 1 saturated heterocycles. The van der Waals surface area contributed by atoms with Crippen LogP contribution in [0.1, 0.15) is 67.1 Å². The minimum absolute atomic E-state index is 0.0115. The number of carbonyl (C=O) groups is 1. The van der Waals surface area contributed by atoms with E-state index < -0.39 is 12.4 Å². The van der Waals surface area contributed by atoms with Crippen LogP contribution in [0.2, 0.25) is 0 Å². The molecule has 6 atom stereocenters. The average molecular weight is 609 g/mol. The molecule has 4 aromatic carbocycles. The third-order valence-corrected chi connectivity index (χ3v) is 8.92. The molecule has 1 aliphatic heterocycles. The fourth-order valence-electron chi connectivity index (χ4n) is 5.94. The number of ether oxygens (including phenoxy) is 2. The van der Waals surface area contributed by atoms with Crippen molar-refractivity contribution in [1.29, 1.82) is 0 Å². The lowest BCUT2D eigenvalue weighted by Gasteiger charge is -2.43. The second-order valence-electron chi connectivity index (χ2n) is 12.0. The van der Waals surface area contributed by atoms with Crippen LogP contribution in [-0.2, 0) is 27.4 Å². The summed E-state index contributed by atoms with van der Waals surface area (Å²) in [6.07, 6.45) is -1.65. The first kappa shape index (κ1) is 32.5. The van der Waals surface area contributed by atoms with Crippen molar-refractivity contribution in [3.8, 4) is 11.1 Å². The second kappa shape index (κ2) is 15.0. The molecule has 0 bridgehead atoms. The van der Waals surface area contributed by atoms with Crippen LogP contribution in [0.4, 0.5) is 0 Å². The molecule has 7 heteroatoms. The Labute approximate surface area is 266 Å². The molecule has 0 spiro atoms. The lowest BCUT2D eigenvalue weighted by Crippen LogP contribution is -2.46. The highest BCUT2D eigenvalue weighted by atomic mass is 16.7. The summed E-state index contributed by atoms with van der Waals surface area (Å²) in [6.45, 7) is 6.75. The highest BCUT2D eigenvalue weighted by Crippen LogP contribution is 2.42. The van der Waals surface area contributed by atoms with Gasteiger partial charge in [0.2, 0.25) is 5.91 Å². The molecule has 0 saturated carbocycles. The van der Waals surface area contributed by atoms with Gasteiger partial charge in [0.1, 0.15) is 0 Å². The molecule has 0 aliphatic carbocycles. The van der Waals surface area contributed by atoms with Gasteiger partial charge in [-0.1, -0.05) is 110 Å². The van der Waals surface area contributed by atoms with Crippen molar-refractivity contribution in [2.24, 2.45) is 5.92 Å². The van der Waals surface area contributed by atoms with Crippen molar-refractivity contribution in [2.75, 3.05) is 13.6 Å². The molecule has 45 heavy (non-hydrogen) atoms. The topological polar surface area (TPSA) is 91.3 Å². The minimum Gasteiger partial charge on any atom is -0.392 e. The van der Waals surface area contributed by atoms with Gasteiger partial charge in [-0.25, -0.2) is 0 Å². The normalized spacial score (nSPS) is 21.3. The molecule has 1 fully saturated rings. The molecule has 1 heterocycles. The fourth-order valence-corrected chi connectivity index (χ4v) is 5.94. The molecule has 7 nitrogen and oxygen atoms in total. The van der Waals surface area contributed by atoms with Gasteiger partial charge in [-0.05, 0) is 47.4 Å².